The van der Waals surface area contributed by atoms with E-state index in [4.69, 9.17) is 5.73 Å². The van der Waals surface area contributed by atoms with Gasteiger partial charge in [-0.1, -0.05) is 0 Å². The van der Waals surface area contributed by atoms with Gasteiger partial charge in [0.25, 0.3) is 5.91 Å². The fraction of sp³-hybridized carbons (Fsp3) is 0.0769. The van der Waals surface area contributed by atoms with Gasteiger partial charge in [0.2, 0.25) is 0 Å². The lowest BCUT2D eigenvalue weighted by molar-refractivity contribution is 0.0956. The van der Waals surface area contributed by atoms with Crippen molar-refractivity contribution >= 4 is 60.4 Å². The van der Waals surface area contributed by atoms with Crippen molar-refractivity contribution in [3.05, 3.63) is 44.0 Å². The van der Waals surface area contributed by atoms with Gasteiger partial charge >= 0.3 is 0 Å². The molecule has 7 heteroatoms. The standard InChI is InChI=1S/C13H10BrN3OS2/c14-8-3-5-19-9(8)6-17-12(18)11-10(15)7-2-1-4-16-13(7)20-11/h1-5H,6,15H2,(H,17,18). The molecule has 20 heavy (non-hydrogen) atoms. The molecule has 0 spiro atoms. The van der Waals surface area contributed by atoms with E-state index in [2.05, 4.69) is 26.2 Å². The molecule has 0 aliphatic rings. The van der Waals surface area contributed by atoms with Gasteiger partial charge in [-0.2, -0.15) is 0 Å². The minimum atomic E-state index is -0.161. The van der Waals surface area contributed by atoms with Crippen LogP contribution in [0.25, 0.3) is 10.2 Å². The van der Waals surface area contributed by atoms with Crippen LogP contribution in [0.2, 0.25) is 0 Å². The molecule has 3 aromatic heterocycles. The molecule has 0 bridgehead atoms. The first-order valence-electron chi connectivity index (χ1n) is 5.80. The number of rotatable bonds is 3. The van der Waals surface area contributed by atoms with E-state index in [1.165, 1.54) is 11.3 Å². The second-order valence-electron chi connectivity index (χ2n) is 4.08. The number of hydrogen-bond donors (Lipinski definition) is 2. The maximum absolute atomic E-state index is 12.2. The normalized spacial score (nSPS) is 10.8. The Bertz CT molecular complexity index is 781. The van der Waals surface area contributed by atoms with Gasteiger partial charge in [-0.3, -0.25) is 4.79 Å². The zero-order valence-electron chi connectivity index (χ0n) is 10.2. The number of amides is 1. The molecule has 3 N–H and O–H groups in total. The summed E-state index contributed by atoms with van der Waals surface area (Å²) >= 11 is 6.35. The van der Waals surface area contributed by atoms with Crippen LogP contribution in [0, 0.1) is 0 Å². The van der Waals surface area contributed by atoms with Crippen LogP contribution in [0.3, 0.4) is 0 Å². The van der Waals surface area contributed by atoms with Gasteiger partial charge in [-0.05, 0) is 39.5 Å². The molecule has 0 aliphatic carbocycles. The molecular weight excluding hydrogens is 358 g/mol. The molecule has 0 radical (unpaired) electrons. The highest BCUT2D eigenvalue weighted by Crippen LogP contribution is 2.32. The number of carbonyl (C=O) groups excluding carboxylic acids is 1. The molecular formula is C13H10BrN3OS2. The molecule has 0 aromatic carbocycles. The Labute approximate surface area is 131 Å². The van der Waals surface area contributed by atoms with Gasteiger partial charge in [0.1, 0.15) is 9.71 Å². The van der Waals surface area contributed by atoms with Crippen molar-refractivity contribution in [2.24, 2.45) is 0 Å². The number of carbonyl (C=O) groups is 1. The summed E-state index contributed by atoms with van der Waals surface area (Å²) in [5.41, 5.74) is 6.52. The quantitative estimate of drug-likeness (QED) is 0.742. The first-order valence-corrected chi connectivity index (χ1v) is 8.29. The third kappa shape index (κ3) is 2.44. The lowest BCUT2D eigenvalue weighted by Gasteiger charge is -2.03. The highest BCUT2D eigenvalue weighted by atomic mass is 79.9. The Morgan fingerprint density at radius 2 is 2.30 bits per heavy atom. The Kier molecular flexibility index (Phi) is 3.73. The van der Waals surface area contributed by atoms with Crippen LogP contribution in [-0.4, -0.2) is 10.9 Å². The maximum atomic E-state index is 12.2. The number of nitrogens with two attached hydrogens (primary N) is 1. The molecule has 3 aromatic rings. The molecule has 0 atom stereocenters. The molecule has 3 heterocycles. The highest BCUT2D eigenvalue weighted by molar-refractivity contribution is 9.10. The van der Waals surface area contributed by atoms with Gasteiger partial charge < -0.3 is 11.1 Å². The third-order valence-corrected chi connectivity index (χ3v) is 5.87. The summed E-state index contributed by atoms with van der Waals surface area (Å²) in [4.78, 5) is 18.8. The van der Waals surface area contributed by atoms with E-state index in [0.717, 1.165) is 19.6 Å². The minimum Gasteiger partial charge on any atom is -0.397 e. The number of nitrogen functional groups attached to an aromatic ring is 1. The lowest BCUT2D eigenvalue weighted by atomic mass is 10.2. The fourth-order valence-electron chi connectivity index (χ4n) is 1.81. The summed E-state index contributed by atoms with van der Waals surface area (Å²) in [6.07, 6.45) is 1.70. The van der Waals surface area contributed by atoms with Crippen LogP contribution in [0.1, 0.15) is 14.5 Å². The predicted octanol–water partition coefficient (Wildman–Crippen LogP) is 3.63. The summed E-state index contributed by atoms with van der Waals surface area (Å²) in [5.74, 6) is -0.161. The Morgan fingerprint density at radius 1 is 1.45 bits per heavy atom. The van der Waals surface area contributed by atoms with Crippen molar-refractivity contribution in [1.82, 2.24) is 10.3 Å². The van der Waals surface area contributed by atoms with E-state index in [1.807, 2.05) is 23.6 Å². The van der Waals surface area contributed by atoms with Gasteiger partial charge in [0, 0.05) is 20.9 Å². The van der Waals surface area contributed by atoms with Crippen molar-refractivity contribution < 1.29 is 4.79 Å². The molecule has 0 saturated heterocycles. The molecule has 0 saturated carbocycles. The number of pyridine rings is 1. The number of aromatic nitrogens is 1. The van der Waals surface area contributed by atoms with E-state index >= 15 is 0 Å². The SMILES string of the molecule is Nc1c(C(=O)NCc2sccc2Br)sc2ncccc12. The molecule has 1 amide bonds. The van der Waals surface area contributed by atoms with Gasteiger partial charge in [0.05, 0.1) is 12.2 Å². The van der Waals surface area contributed by atoms with E-state index < -0.39 is 0 Å². The number of hydrogen-bond acceptors (Lipinski definition) is 5. The van der Waals surface area contributed by atoms with Crippen LogP contribution >= 0.6 is 38.6 Å². The average molecular weight is 368 g/mol. The molecule has 102 valence electrons. The number of thiophene rings is 2. The summed E-state index contributed by atoms with van der Waals surface area (Å²) in [7, 11) is 0. The van der Waals surface area contributed by atoms with Crippen molar-refractivity contribution in [3.8, 4) is 0 Å². The maximum Gasteiger partial charge on any atom is 0.263 e. The van der Waals surface area contributed by atoms with Gasteiger partial charge in [0.15, 0.2) is 0 Å². The molecule has 0 unspecified atom stereocenters. The summed E-state index contributed by atoms with van der Waals surface area (Å²) in [5, 5.41) is 5.70. The Balaban J connectivity index is 1.82. The molecule has 3 rings (SSSR count). The average Bonchev–Trinajstić information content (AvgIpc) is 3.01. The first kappa shape index (κ1) is 13.5. The first-order chi connectivity index (χ1) is 9.66. The van der Waals surface area contributed by atoms with Crippen molar-refractivity contribution in [3.63, 3.8) is 0 Å². The smallest absolute Gasteiger partial charge is 0.263 e. The Morgan fingerprint density at radius 3 is 3.00 bits per heavy atom. The predicted molar refractivity (Wildman–Crippen MR) is 87.2 cm³/mol. The van der Waals surface area contributed by atoms with Crippen LogP contribution in [0.15, 0.2) is 34.2 Å². The topological polar surface area (TPSA) is 68.0 Å². The van der Waals surface area contributed by atoms with Crippen molar-refractivity contribution in [1.29, 1.82) is 0 Å². The number of anilines is 1. The second-order valence-corrected chi connectivity index (χ2v) is 6.93. The number of nitrogens with zero attached hydrogens (tertiary/aromatic N) is 1. The molecule has 0 aliphatic heterocycles. The van der Waals surface area contributed by atoms with E-state index in [9.17, 15) is 4.79 Å². The van der Waals surface area contributed by atoms with E-state index in [1.54, 1.807) is 17.5 Å². The van der Waals surface area contributed by atoms with Crippen LogP contribution in [0.5, 0.6) is 0 Å². The monoisotopic (exact) mass is 367 g/mol. The van der Waals surface area contributed by atoms with Gasteiger partial charge in [-0.25, -0.2) is 4.98 Å². The largest absolute Gasteiger partial charge is 0.397 e. The van der Waals surface area contributed by atoms with E-state index in [0.29, 0.717) is 17.1 Å². The minimum absolute atomic E-state index is 0.161. The number of fused-ring (bicyclic) bond motifs is 1. The highest BCUT2D eigenvalue weighted by Gasteiger charge is 2.16. The zero-order chi connectivity index (χ0) is 14.1. The van der Waals surface area contributed by atoms with Gasteiger partial charge in [-0.15, -0.1) is 22.7 Å². The van der Waals surface area contributed by atoms with Crippen LogP contribution < -0.4 is 11.1 Å². The Hall–Kier alpha value is -1.44. The summed E-state index contributed by atoms with van der Waals surface area (Å²) < 4.78 is 1.01. The summed E-state index contributed by atoms with van der Waals surface area (Å²) in [6, 6.07) is 5.65. The third-order valence-electron chi connectivity index (χ3n) is 2.81. The lowest BCUT2D eigenvalue weighted by Crippen LogP contribution is -2.22. The van der Waals surface area contributed by atoms with Crippen LogP contribution in [0.4, 0.5) is 5.69 Å². The van der Waals surface area contributed by atoms with E-state index in [-0.39, 0.29) is 5.91 Å². The van der Waals surface area contributed by atoms with Crippen molar-refractivity contribution in [2.75, 3.05) is 5.73 Å². The summed E-state index contributed by atoms with van der Waals surface area (Å²) in [6.45, 7) is 0.484. The fourth-order valence-corrected chi connectivity index (χ4v) is 4.22. The number of nitrogens with one attached hydrogen (secondary N) is 1. The molecule has 0 fully saturated rings. The zero-order valence-corrected chi connectivity index (χ0v) is 13.4. The van der Waals surface area contributed by atoms with Crippen LogP contribution in [-0.2, 0) is 6.54 Å². The molecule has 4 nitrogen and oxygen atoms in total. The number of halogens is 1. The second kappa shape index (κ2) is 5.51. The van der Waals surface area contributed by atoms with Crippen molar-refractivity contribution in [2.45, 2.75) is 6.54 Å².